The third-order valence-corrected chi connectivity index (χ3v) is 5.21. The Bertz CT molecular complexity index is 338. The van der Waals surface area contributed by atoms with Crippen LogP contribution in [-0.2, 0) is 10.2 Å². The van der Waals surface area contributed by atoms with E-state index in [1.54, 1.807) is 0 Å². The largest absolute Gasteiger partial charge is 0.279 e. The highest BCUT2D eigenvalue weighted by Gasteiger charge is 2.26. The molecule has 1 atom stereocenters. The molecule has 1 fully saturated rings. The van der Waals surface area contributed by atoms with E-state index in [2.05, 4.69) is 25.5 Å². The molecule has 0 aliphatic carbocycles. The molecule has 0 saturated carbocycles. The quantitative estimate of drug-likeness (QED) is 0.764. The van der Waals surface area contributed by atoms with Gasteiger partial charge >= 0.3 is 0 Å². The molecule has 4 nitrogen and oxygen atoms in total. The fourth-order valence-electron chi connectivity index (χ4n) is 2.11. The van der Waals surface area contributed by atoms with Gasteiger partial charge in [0.05, 0.1) is 0 Å². The van der Waals surface area contributed by atoms with Crippen molar-refractivity contribution in [2.45, 2.75) is 45.4 Å². The second-order valence-electron chi connectivity index (χ2n) is 5.66. The number of nitrogens with one attached hydrogen (secondary N) is 1. The molecule has 1 saturated heterocycles. The van der Waals surface area contributed by atoms with E-state index >= 15 is 0 Å². The van der Waals surface area contributed by atoms with Gasteiger partial charge in [-0.15, -0.1) is 11.6 Å². The third kappa shape index (κ3) is 5.43. The Balaban J connectivity index is 2.40. The predicted molar refractivity (Wildman–Crippen MR) is 76.0 cm³/mol. The van der Waals surface area contributed by atoms with Gasteiger partial charge in [-0.2, -0.15) is 12.7 Å². The van der Waals surface area contributed by atoms with E-state index in [1.165, 1.54) is 4.31 Å². The lowest BCUT2D eigenvalue weighted by molar-refractivity contribution is 0.285. The van der Waals surface area contributed by atoms with E-state index in [9.17, 15) is 8.42 Å². The molecular formula is C12H25ClN2O2S. The van der Waals surface area contributed by atoms with Crippen LogP contribution in [0.3, 0.4) is 0 Å². The lowest BCUT2D eigenvalue weighted by Gasteiger charge is -2.29. The molecule has 0 spiro atoms. The van der Waals surface area contributed by atoms with Crippen LogP contribution in [0.5, 0.6) is 0 Å². The minimum absolute atomic E-state index is 0.136. The molecule has 0 bridgehead atoms. The maximum atomic E-state index is 12.0. The minimum atomic E-state index is -3.34. The van der Waals surface area contributed by atoms with Crippen LogP contribution >= 0.6 is 11.6 Å². The highest BCUT2D eigenvalue weighted by Crippen LogP contribution is 2.18. The molecule has 1 N–H and O–H groups in total. The highest BCUT2D eigenvalue weighted by molar-refractivity contribution is 7.87. The lowest BCUT2D eigenvalue weighted by atomic mass is 10.0. The topological polar surface area (TPSA) is 49.4 Å². The van der Waals surface area contributed by atoms with E-state index < -0.39 is 10.2 Å². The first-order chi connectivity index (χ1) is 8.31. The van der Waals surface area contributed by atoms with Crippen LogP contribution in [0.4, 0.5) is 0 Å². The maximum Gasteiger partial charge on any atom is 0.279 e. The van der Waals surface area contributed by atoms with Gasteiger partial charge < -0.3 is 0 Å². The fourth-order valence-corrected chi connectivity index (χ4v) is 3.92. The molecule has 6 heteroatoms. The summed E-state index contributed by atoms with van der Waals surface area (Å²) in [5.41, 5.74) is 0. The van der Waals surface area contributed by atoms with E-state index in [0.717, 1.165) is 19.3 Å². The number of piperidine rings is 1. The maximum absolute atomic E-state index is 12.0. The van der Waals surface area contributed by atoms with Crippen LogP contribution in [0.15, 0.2) is 0 Å². The van der Waals surface area contributed by atoms with E-state index in [1.807, 2.05) is 0 Å². The van der Waals surface area contributed by atoms with Gasteiger partial charge in [0, 0.05) is 25.0 Å². The first-order valence-corrected chi connectivity index (χ1v) is 8.57. The summed E-state index contributed by atoms with van der Waals surface area (Å²) in [7, 11) is -3.34. The Kier molecular flexibility index (Phi) is 6.38. The van der Waals surface area contributed by atoms with Crippen LogP contribution in [0, 0.1) is 11.8 Å². The van der Waals surface area contributed by atoms with Gasteiger partial charge in [-0.3, -0.25) is 0 Å². The summed E-state index contributed by atoms with van der Waals surface area (Å²) >= 11 is 6.10. The van der Waals surface area contributed by atoms with E-state index in [4.69, 9.17) is 11.6 Å². The normalized spacial score (nSPS) is 21.4. The van der Waals surface area contributed by atoms with Crippen LogP contribution in [0.25, 0.3) is 0 Å². The summed E-state index contributed by atoms with van der Waals surface area (Å²) in [4.78, 5) is 0. The van der Waals surface area contributed by atoms with Crippen molar-refractivity contribution in [1.29, 1.82) is 0 Å². The number of rotatable bonds is 6. The standard InChI is InChI=1S/C12H25ClN2O2S/c1-10(2)8-12(13)9-14-18(16,17)15-6-4-11(3)5-7-15/h10-12,14H,4-9H2,1-3H3. The summed E-state index contributed by atoms with van der Waals surface area (Å²) in [5, 5.41) is -0.136. The number of nitrogens with zero attached hydrogens (tertiary/aromatic N) is 1. The molecule has 1 heterocycles. The van der Waals surface area contributed by atoms with Crippen molar-refractivity contribution in [3.05, 3.63) is 0 Å². The monoisotopic (exact) mass is 296 g/mol. The smallest absolute Gasteiger partial charge is 0.201 e. The molecule has 18 heavy (non-hydrogen) atoms. The van der Waals surface area contributed by atoms with Crippen LogP contribution in [-0.4, -0.2) is 37.7 Å². The molecular weight excluding hydrogens is 272 g/mol. The number of hydrogen-bond acceptors (Lipinski definition) is 2. The second kappa shape index (κ2) is 7.08. The SMILES string of the molecule is CC(C)CC(Cl)CNS(=O)(=O)N1CCC(C)CC1. The van der Waals surface area contributed by atoms with E-state index in [-0.39, 0.29) is 5.38 Å². The average Bonchev–Trinajstić information content (AvgIpc) is 2.26. The molecule has 0 radical (unpaired) electrons. The molecule has 108 valence electrons. The average molecular weight is 297 g/mol. The zero-order valence-electron chi connectivity index (χ0n) is 11.5. The van der Waals surface area contributed by atoms with Crippen molar-refractivity contribution in [3.63, 3.8) is 0 Å². The van der Waals surface area contributed by atoms with Gasteiger partial charge in [0.25, 0.3) is 10.2 Å². The number of halogens is 1. The molecule has 1 aliphatic heterocycles. The van der Waals surface area contributed by atoms with Crippen molar-refractivity contribution in [1.82, 2.24) is 9.03 Å². The van der Waals surface area contributed by atoms with Crippen molar-refractivity contribution in [2.24, 2.45) is 11.8 Å². The zero-order valence-corrected chi connectivity index (χ0v) is 13.1. The van der Waals surface area contributed by atoms with Crippen LogP contribution < -0.4 is 4.72 Å². The van der Waals surface area contributed by atoms with Gasteiger partial charge in [-0.1, -0.05) is 20.8 Å². The number of hydrogen-bond donors (Lipinski definition) is 1. The van der Waals surface area contributed by atoms with Gasteiger partial charge in [-0.25, -0.2) is 4.72 Å². The summed E-state index contributed by atoms with van der Waals surface area (Å²) in [6, 6.07) is 0. The fraction of sp³-hybridized carbons (Fsp3) is 1.00. The summed E-state index contributed by atoms with van der Waals surface area (Å²) in [6.07, 6.45) is 2.70. The van der Waals surface area contributed by atoms with Crippen molar-refractivity contribution in [3.8, 4) is 0 Å². The van der Waals surface area contributed by atoms with Crippen LogP contribution in [0.2, 0.25) is 0 Å². The minimum Gasteiger partial charge on any atom is -0.201 e. The van der Waals surface area contributed by atoms with Crippen molar-refractivity contribution >= 4 is 21.8 Å². The zero-order chi connectivity index (χ0) is 13.8. The van der Waals surface area contributed by atoms with Gasteiger partial charge in [-0.05, 0) is 31.1 Å². The van der Waals surface area contributed by atoms with E-state index in [0.29, 0.717) is 31.5 Å². The van der Waals surface area contributed by atoms with Crippen molar-refractivity contribution in [2.75, 3.05) is 19.6 Å². The van der Waals surface area contributed by atoms with Gasteiger partial charge in [0.15, 0.2) is 0 Å². The van der Waals surface area contributed by atoms with Gasteiger partial charge in [0.2, 0.25) is 0 Å². The molecule has 1 unspecified atom stereocenters. The molecule has 1 rings (SSSR count). The van der Waals surface area contributed by atoms with Crippen LogP contribution in [0.1, 0.15) is 40.0 Å². The second-order valence-corrected chi connectivity index (χ2v) is 8.03. The predicted octanol–water partition coefficient (Wildman–Crippen LogP) is 2.21. The molecule has 0 aromatic heterocycles. The summed E-state index contributed by atoms with van der Waals surface area (Å²) in [5.74, 6) is 1.10. The third-order valence-electron chi connectivity index (χ3n) is 3.30. The molecule has 0 aromatic rings. The Morgan fingerprint density at radius 3 is 2.39 bits per heavy atom. The highest BCUT2D eigenvalue weighted by atomic mass is 35.5. The molecule has 0 aromatic carbocycles. The Morgan fingerprint density at radius 1 is 1.33 bits per heavy atom. The Morgan fingerprint density at radius 2 is 1.89 bits per heavy atom. The Hall–Kier alpha value is 0.160. The first-order valence-electron chi connectivity index (χ1n) is 6.70. The molecule has 1 aliphatic rings. The van der Waals surface area contributed by atoms with Crippen molar-refractivity contribution < 1.29 is 8.42 Å². The van der Waals surface area contributed by atoms with Gasteiger partial charge in [0.1, 0.15) is 0 Å². The Labute approximate surface area is 116 Å². The summed E-state index contributed by atoms with van der Waals surface area (Å²) in [6.45, 7) is 7.87. The summed E-state index contributed by atoms with van der Waals surface area (Å²) < 4.78 is 28.2. The number of alkyl halides is 1. The first kappa shape index (κ1) is 16.2. The lowest BCUT2D eigenvalue weighted by Crippen LogP contribution is -2.46. The molecule has 0 amide bonds.